The molecule has 0 bridgehead atoms. The van der Waals surface area contributed by atoms with Crippen molar-refractivity contribution in [2.45, 2.75) is 37.4 Å². The summed E-state index contributed by atoms with van der Waals surface area (Å²) in [7, 11) is 0. The number of carbonyl (C=O) groups is 5. The van der Waals surface area contributed by atoms with Crippen LogP contribution in [0.15, 0.2) is 65.9 Å². The number of hydrogen-bond acceptors (Lipinski definition) is 18. The summed E-state index contributed by atoms with van der Waals surface area (Å²) < 4.78 is 75.1. The van der Waals surface area contributed by atoms with Crippen LogP contribution in [0.5, 0.6) is 0 Å². The average molecular weight is 1020 g/mol. The average Bonchev–Trinajstić information content (AvgIpc) is 3.95. The molecule has 0 aliphatic carbocycles. The quantitative estimate of drug-likeness (QED) is 0.0485. The van der Waals surface area contributed by atoms with Crippen molar-refractivity contribution in [3.8, 4) is 0 Å². The summed E-state index contributed by atoms with van der Waals surface area (Å²) in [6.45, 7) is 6.72. The van der Waals surface area contributed by atoms with Gasteiger partial charge in [-0.2, -0.15) is 5.10 Å². The lowest BCUT2D eigenvalue weighted by Crippen LogP contribution is -2.54. The highest BCUT2D eigenvalue weighted by molar-refractivity contribution is 6.25. The Morgan fingerprint density at radius 3 is 1.88 bits per heavy atom. The van der Waals surface area contributed by atoms with Gasteiger partial charge in [0, 0.05) is 35.5 Å². The van der Waals surface area contributed by atoms with Crippen molar-refractivity contribution in [2.24, 2.45) is 4.99 Å². The van der Waals surface area contributed by atoms with Gasteiger partial charge in [-0.25, -0.2) is 18.4 Å². The Bertz CT molecular complexity index is 2600. The van der Waals surface area contributed by atoms with Gasteiger partial charge in [-0.3, -0.25) is 39.2 Å². The van der Waals surface area contributed by atoms with Crippen molar-refractivity contribution in [2.75, 3.05) is 129 Å². The number of nitrogens with one attached hydrogen (secondary N) is 3. The van der Waals surface area contributed by atoms with E-state index in [0.717, 1.165) is 10.5 Å². The Hall–Kier alpha value is -6.44. The molecule has 2 unspecified atom stereocenters. The molecule has 73 heavy (non-hydrogen) atoms. The van der Waals surface area contributed by atoms with E-state index in [1.54, 1.807) is 35.0 Å². The predicted octanol–water partition coefficient (Wildman–Crippen LogP) is 3.14. The van der Waals surface area contributed by atoms with Crippen LogP contribution in [0.25, 0.3) is 0 Å². The molecule has 390 valence electrons. The van der Waals surface area contributed by atoms with Gasteiger partial charge in [0.25, 0.3) is 11.8 Å². The molecule has 4 amide bonds. The Morgan fingerprint density at radius 2 is 1.26 bits per heavy atom. The van der Waals surface area contributed by atoms with Gasteiger partial charge in [0.1, 0.15) is 36.4 Å². The van der Waals surface area contributed by atoms with Crippen molar-refractivity contribution < 1.29 is 70.6 Å². The summed E-state index contributed by atoms with van der Waals surface area (Å²) >= 11 is 0. The topological polar surface area (TPSA) is 242 Å². The third-order valence-corrected chi connectivity index (χ3v) is 12.2. The molecule has 3 atom stereocenters. The Labute approximate surface area is 419 Å². The minimum Gasteiger partial charge on any atom is -0.382 e. The van der Waals surface area contributed by atoms with Crippen LogP contribution in [0.4, 0.5) is 20.2 Å². The van der Waals surface area contributed by atoms with Crippen molar-refractivity contribution >= 4 is 46.5 Å². The summed E-state index contributed by atoms with van der Waals surface area (Å²) in [5, 5.41) is 13.1. The van der Waals surface area contributed by atoms with E-state index in [-0.39, 0.29) is 47.7 Å². The van der Waals surface area contributed by atoms with Crippen LogP contribution in [-0.2, 0) is 54.0 Å². The fraction of sp³-hybridized carbons (Fsp3) is 0.480. The van der Waals surface area contributed by atoms with E-state index in [1.165, 1.54) is 30.6 Å². The number of imide groups is 2. The van der Waals surface area contributed by atoms with E-state index < -0.39 is 47.4 Å². The number of ketones is 1. The number of fused-ring (bicyclic) bond motifs is 1. The molecule has 23 heteroatoms. The second-order valence-corrected chi connectivity index (χ2v) is 17.0. The highest BCUT2D eigenvalue weighted by Crippen LogP contribution is 2.45. The maximum atomic E-state index is 14.6. The third-order valence-electron chi connectivity index (χ3n) is 12.2. The summed E-state index contributed by atoms with van der Waals surface area (Å²) in [6.07, 6.45) is 1.59. The number of piperidine rings is 1. The molecule has 0 spiro atoms. The van der Waals surface area contributed by atoms with Crippen LogP contribution in [-0.4, -0.2) is 180 Å². The number of nitrogens with zero attached hydrogens (tertiary/aromatic N) is 5. The summed E-state index contributed by atoms with van der Waals surface area (Å²) in [5.41, 5.74) is 3.43. The summed E-state index contributed by atoms with van der Waals surface area (Å²) in [5.74, 6) is -3.36. The SMILES string of the molecule is O=C1CCC(N2C(=O)c3cccc(NCCOCCOCCOCCOCCOCCOCCOCCOCCn4ncnc4[C@H]4C5=NCC(=O)c6cc(F)cc(c65)NC4c4ccc(F)cc4)c3C2=O)C(=O)N1. The van der Waals surface area contributed by atoms with Gasteiger partial charge in [0.15, 0.2) is 5.78 Å². The first-order valence-corrected chi connectivity index (χ1v) is 24.2. The number of hydrogen-bond donors (Lipinski definition) is 3. The molecule has 5 heterocycles. The molecule has 0 saturated carbocycles. The normalized spacial score (nSPS) is 18.2. The molecule has 21 nitrogen and oxygen atoms in total. The van der Waals surface area contributed by atoms with Gasteiger partial charge in [-0.15, -0.1) is 0 Å². The van der Waals surface area contributed by atoms with Crippen LogP contribution in [0, 0.1) is 11.6 Å². The van der Waals surface area contributed by atoms with Crippen molar-refractivity contribution in [1.29, 1.82) is 0 Å². The van der Waals surface area contributed by atoms with Gasteiger partial charge in [0.05, 0.1) is 141 Å². The van der Waals surface area contributed by atoms with Crippen molar-refractivity contribution in [3.63, 3.8) is 0 Å². The molecular weight excluding hydrogens is 959 g/mol. The standard InChI is InChI=1S/C50H58F2N8O13/c51-33-6-4-32(5-7-33)45-44(46-42-36(40(61)30-54-46)28-34(52)29-38(42)57-45)47-55-31-56-59(47)11-13-67-15-17-69-19-21-71-23-25-73-27-26-72-24-22-70-20-18-68-16-14-66-12-10-53-37-3-1-2-35-43(37)50(65)60(49(35)64)39-8-9-41(62)58-48(39)63/h1-7,28-29,31,39,44-45,53,57H,8-27,30H2,(H,58,62,63)/t39?,44-,45?/m1/s1. The number of halogens is 2. The second-order valence-electron chi connectivity index (χ2n) is 17.0. The van der Waals surface area contributed by atoms with Gasteiger partial charge in [-0.1, -0.05) is 18.2 Å². The number of benzene rings is 3. The van der Waals surface area contributed by atoms with E-state index in [1.807, 2.05) is 0 Å². The van der Waals surface area contributed by atoms with Crippen molar-refractivity contribution in [1.82, 2.24) is 25.0 Å². The summed E-state index contributed by atoms with van der Waals surface area (Å²) in [6, 6.07) is 12.0. The molecular formula is C50H58F2N8O13. The highest BCUT2D eigenvalue weighted by Gasteiger charge is 2.46. The maximum absolute atomic E-state index is 14.6. The lowest BCUT2D eigenvalue weighted by atomic mass is 9.78. The Morgan fingerprint density at radius 1 is 0.658 bits per heavy atom. The van der Waals surface area contributed by atoms with E-state index in [0.29, 0.717) is 147 Å². The number of aliphatic imine (C=N–C) groups is 1. The first-order chi connectivity index (χ1) is 35.7. The second kappa shape index (κ2) is 26.5. The molecule has 4 aromatic rings. The van der Waals surface area contributed by atoms with Crippen molar-refractivity contribution in [3.05, 3.63) is 106 Å². The molecule has 0 radical (unpaired) electrons. The Kier molecular flexibility index (Phi) is 19.2. The number of amides is 4. The largest absolute Gasteiger partial charge is 0.382 e. The number of rotatable bonds is 31. The number of aromatic nitrogens is 3. The van der Waals surface area contributed by atoms with E-state index in [9.17, 15) is 32.8 Å². The number of carbonyl (C=O) groups excluding carboxylic acids is 5. The van der Waals surface area contributed by atoms with Gasteiger partial charge >= 0.3 is 0 Å². The number of ether oxygens (including phenoxy) is 8. The summed E-state index contributed by atoms with van der Waals surface area (Å²) in [4.78, 5) is 73.1. The minimum absolute atomic E-state index is 0.0529. The third kappa shape index (κ3) is 13.6. The molecule has 4 aliphatic heterocycles. The van der Waals surface area contributed by atoms with E-state index in [2.05, 4.69) is 31.0 Å². The fourth-order valence-corrected chi connectivity index (χ4v) is 8.82. The van der Waals surface area contributed by atoms with E-state index >= 15 is 0 Å². The van der Waals surface area contributed by atoms with Crippen LogP contribution in [0.1, 0.15) is 72.8 Å². The minimum atomic E-state index is -1.03. The van der Waals surface area contributed by atoms with Crippen LogP contribution in [0.2, 0.25) is 0 Å². The molecule has 1 fully saturated rings. The zero-order chi connectivity index (χ0) is 50.9. The lowest BCUT2D eigenvalue weighted by Gasteiger charge is -2.38. The number of Topliss-reactive ketones (excluding diaryl/α,β-unsaturated/α-hetero) is 1. The lowest BCUT2D eigenvalue weighted by molar-refractivity contribution is -0.136. The molecule has 3 N–H and O–H groups in total. The molecule has 1 aromatic heterocycles. The number of anilines is 2. The highest BCUT2D eigenvalue weighted by atomic mass is 19.1. The first kappa shape index (κ1) is 52.9. The molecule has 8 rings (SSSR count). The molecule has 1 saturated heterocycles. The fourth-order valence-electron chi connectivity index (χ4n) is 8.82. The zero-order valence-corrected chi connectivity index (χ0v) is 40.2. The van der Waals surface area contributed by atoms with Gasteiger partial charge in [-0.05, 0) is 48.4 Å². The molecule has 3 aromatic carbocycles. The first-order valence-electron chi connectivity index (χ1n) is 24.2. The Balaban J connectivity index is 0.591. The zero-order valence-electron chi connectivity index (χ0n) is 40.2. The monoisotopic (exact) mass is 1020 g/mol. The van der Waals surface area contributed by atoms with Crippen LogP contribution < -0.4 is 16.0 Å². The van der Waals surface area contributed by atoms with Crippen LogP contribution >= 0.6 is 0 Å². The maximum Gasteiger partial charge on any atom is 0.264 e. The molecule has 4 aliphatic rings. The van der Waals surface area contributed by atoms with E-state index in [4.69, 9.17) is 37.9 Å². The van der Waals surface area contributed by atoms with Crippen LogP contribution in [0.3, 0.4) is 0 Å². The van der Waals surface area contributed by atoms with Gasteiger partial charge in [0.2, 0.25) is 11.8 Å². The van der Waals surface area contributed by atoms with Gasteiger partial charge < -0.3 is 48.5 Å². The predicted molar refractivity (Wildman–Crippen MR) is 256 cm³/mol. The smallest absolute Gasteiger partial charge is 0.264 e.